The van der Waals surface area contributed by atoms with E-state index in [0.29, 0.717) is 6.04 Å². The molecular formula is C17H30N2O. The topological polar surface area (TPSA) is 24.5 Å². The maximum Gasteiger partial charge on any atom is 0.119 e. The Hall–Kier alpha value is -1.22. The van der Waals surface area contributed by atoms with Gasteiger partial charge in [-0.25, -0.2) is 0 Å². The van der Waals surface area contributed by atoms with Gasteiger partial charge in [0.1, 0.15) is 5.75 Å². The van der Waals surface area contributed by atoms with Crippen LogP contribution in [0.15, 0.2) is 24.3 Å². The van der Waals surface area contributed by atoms with Gasteiger partial charge in [-0.05, 0) is 42.6 Å². The minimum absolute atomic E-state index is 0.246. The predicted molar refractivity (Wildman–Crippen MR) is 87.8 cm³/mol. The zero-order valence-electron chi connectivity index (χ0n) is 13.9. The van der Waals surface area contributed by atoms with Crippen molar-refractivity contribution in [2.45, 2.75) is 40.2 Å². The number of hydrogen-bond acceptors (Lipinski definition) is 3. The lowest BCUT2D eigenvalue weighted by molar-refractivity contribution is 0.272. The average molecular weight is 278 g/mol. The van der Waals surface area contributed by atoms with Crippen LogP contribution in [-0.4, -0.2) is 33.3 Å². The Balaban J connectivity index is 2.70. The van der Waals surface area contributed by atoms with E-state index in [2.05, 4.69) is 57.1 Å². The first-order valence-electron chi connectivity index (χ1n) is 7.47. The molecule has 3 heteroatoms. The summed E-state index contributed by atoms with van der Waals surface area (Å²) in [6.07, 6.45) is 1.17. The number of likely N-dealkylation sites (N-methyl/N-ethyl adjacent to an activating group) is 1. The Bertz CT molecular complexity index is 381. The summed E-state index contributed by atoms with van der Waals surface area (Å²) in [5.41, 5.74) is 1.47. The van der Waals surface area contributed by atoms with Crippen LogP contribution in [0, 0.1) is 5.41 Å². The molecule has 0 radical (unpaired) electrons. The van der Waals surface area contributed by atoms with Crippen LogP contribution >= 0.6 is 0 Å². The molecule has 0 fully saturated rings. The summed E-state index contributed by atoms with van der Waals surface area (Å²) in [5.74, 6) is 0.902. The molecule has 0 amide bonds. The molecule has 0 bridgehead atoms. The van der Waals surface area contributed by atoms with E-state index >= 15 is 0 Å². The van der Waals surface area contributed by atoms with Gasteiger partial charge in [-0.1, -0.05) is 27.7 Å². The fourth-order valence-corrected chi connectivity index (χ4v) is 2.18. The monoisotopic (exact) mass is 278 g/mol. The van der Waals surface area contributed by atoms with E-state index in [0.717, 1.165) is 18.8 Å². The molecule has 20 heavy (non-hydrogen) atoms. The molecule has 1 aromatic rings. The minimum Gasteiger partial charge on any atom is -0.497 e. The van der Waals surface area contributed by atoms with Gasteiger partial charge in [0.2, 0.25) is 0 Å². The van der Waals surface area contributed by atoms with Crippen molar-refractivity contribution in [3.05, 3.63) is 24.3 Å². The Morgan fingerprint density at radius 3 is 2.25 bits per heavy atom. The normalized spacial score (nSPS) is 13.1. The summed E-state index contributed by atoms with van der Waals surface area (Å²) in [5, 5.41) is 3.67. The number of ether oxygens (including phenoxy) is 1. The van der Waals surface area contributed by atoms with Gasteiger partial charge in [-0.3, -0.25) is 0 Å². The van der Waals surface area contributed by atoms with Crippen molar-refractivity contribution in [1.29, 1.82) is 0 Å². The average Bonchev–Trinajstić information content (AvgIpc) is 2.42. The summed E-state index contributed by atoms with van der Waals surface area (Å²) in [7, 11) is 3.84. The maximum atomic E-state index is 5.21. The second kappa shape index (κ2) is 7.53. The Labute approximate surface area is 124 Å². The van der Waals surface area contributed by atoms with Gasteiger partial charge in [0, 0.05) is 25.3 Å². The number of rotatable bonds is 7. The van der Waals surface area contributed by atoms with Crippen LogP contribution in [0.4, 0.5) is 5.69 Å². The standard InChI is InChI=1S/C17H30N2O/c1-7-12-18-16(17(2,3)4)13-19(5)14-8-10-15(20-6)11-9-14/h8-11,16,18H,7,12-13H2,1-6H3. The van der Waals surface area contributed by atoms with Crippen LogP contribution in [0.2, 0.25) is 0 Å². The van der Waals surface area contributed by atoms with Gasteiger partial charge in [0.25, 0.3) is 0 Å². The van der Waals surface area contributed by atoms with Crippen LogP contribution in [0.5, 0.6) is 5.75 Å². The third-order valence-electron chi connectivity index (χ3n) is 3.66. The lowest BCUT2D eigenvalue weighted by Crippen LogP contribution is -2.48. The molecule has 0 saturated heterocycles. The molecule has 1 aromatic carbocycles. The second-order valence-corrected chi connectivity index (χ2v) is 6.45. The van der Waals surface area contributed by atoms with Crippen LogP contribution in [-0.2, 0) is 0 Å². The van der Waals surface area contributed by atoms with Gasteiger partial charge in [-0.15, -0.1) is 0 Å². The highest BCUT2D eigenvalue weighted by Gasteiger charge is 2.25. The third-order valence-corrected chi connectivity index (χ3v) is 3.66. The van der Waals surface area contributed by atoms with Gasteiger partial charge >= 0.3 is 0 Å². The highest BCUT2D eigenvalue weighted by molar-refractivity contribution is 5.48. The molecule has 0 spiro atoms. The SMILES string of the molecule is CCCNC(CN(C)c1ccc(OC)cc1)C(C)(C)C. The van der Waals surface area contributed by atoms with Gasteiger partial charge in [0.15, 0.2) is 0 Å². The van der Waals surface area contributed by atoms with E-state index in [1.54, 1.807) is 7.11 Å². The molecule has 0 aliphatic rings. The number of methoxy groups -OCH3 is 1. The van der Waals surface area contributed by atoms with E-state index in [1.807, 2.05) is 12.1 Å². The number of hydrogen-bond donors (Lipinski definition) is 1. The van der Waals surface area contributed by atoms with Crippen LogP contribution in [0.25, 0.3) is 0 Å². The highest BCUT2D eigenvalue weighted by Crippen LogP contribution is 2.23. The molecule has 3 nitrogen and oxygen atoms in total. The predicted octanol–water partition coefficient (Wildman–Crippen LogP) is 3.55. The highest BCUT2D eigenvalue weighted by atomic mass is 16.5. The van der Waals surface area contributed by atoms with Crippen molar-refractivity contribution < 1.29 is 4.74 Å². The molecule has 0 aromatic heterocycles. The molecule has 0 aliphatic carbocycles. The van der Waals surface area contributed by atoms with E-state index < -0.39 is 0 Å². The Morgan fingerprint density at radius 2 is 1.80 bits per heavy atom. The third kappa shape index (κ3) is 5.04. The Morgan fingerprint density at radius 1 is 1.20 bits per heavy atom. The molecule has 0 aliphatic heterocycles. The number of nitrogens with zero attached hydrogens (tertiary/aromatic N) is 1. The maximum absolute atomic E-state index is 5.21. The summed E-state index contributed by atoms with van der Waals surface area (Å²) in [6.45, 7) is 11.2. The lowest BCUT2D eigenvalue weighted by Gasteiger charge is -2.35. The quantitative estimate of drug-likeness (QED) is 0.825. The summed E-state index contributed by atoms with van der Waals surface area (Å²) >= 11 is 0. The second-order valence-electron chi connectivity index (χ2n) is 6.45. The molecule has 1 atom stereocenters. The fourth-order valence-electron chi connectivity index (χ4n) is 2.18. The zero-order chi connectivity index (χ0) is 15.2. The van der Waals surface area contributed by atoms with Crippen molar-refractivity contribution in [2.75, 3.05) is 32.1 Å². The number of benzene rings is 1. The summed E-state index contributed by atoms with van der Waals surface area (Å²) in [6, 6.07) is 8.71. The molecule has 1 N–H and O–H groups in total. The van der Waals surface area contributed by atoms with Crippen molar-refractivity contribution in [2.24, 2.45) is 5.41 Å². The van der Waals surface area contributed by atoms with Crippen molar-refractivity contribution in [1.82, 2.24) is 5.32 Å². The van der Waals surface area contributed by atoms with Crippen molar-refractivity contribution in [3.8, 4) is 5.75 Å². The summed E-state index contributed by atoms with van der Waals surface area (Å²) in [4.78, 5) is 2.30. The van der Waals surface area contributed by atoms with Crippen LogP contribution in [0.1, 0.15) is 34.1 Å². The fraction of sp³-hybridized carbons (Fsp3) is 0.647. The van der Waals surface area contributed by atoms with Crippen LogP contribution in [0.3, 0.4) is 0 Å². The van der Waals surface area contributed by atoms with Crippen LogP contribution < -0.4 is 15.0 Å². The first kappa shape index (κ1) is 16.8. The van der Waals surface area contributed by atoms with Gasteiger partial charge < -0.3 is 15.0 Å². The smallest absolute Gasteiger partial charge is 0.119 e. The lowest BCUT2D eigenvalue weighted by atomic mass is 9.86. The molecule has 0 saturated carbocycles. The number of nitrogens with one attached hydrogen (secondary N) is 1. The zero-order valence-corrected chi connectivity index (χ0v) is 13.9. The Kier molecular flexibility index (Phi) is 6.34. The number of anilines is 1. The van der Waals surface area contributed by atoms with Gasteiger partial charge in [0.05, 0.1) is 7.11 Å². The largest absolute Gasteiger partial charge is 0.497 e. The molecule has 1 rings (SSSR count). The van der Waals surface area contributed by atoms with E-state index in [1.165, 1.54) is 12.1 Å². The van der Waals surface area contributed by atoms with E-state index in [9.17, 15) is 0 Å². The molecule has 1 unspecified atom stereocenters. The van der Waals surface area contributed by atoms with Crippen molar-refractivity contribution >= 4 is 5.69 Å². The van der Waals surface area contributed by atoms with E-state index in [-0.39, 0.29) is 5.41 Å². The molecular weight excluding hydrogens is 248 g/mol. The molecule has 0 heterocycles. The first-order valence-corrected chi connectivity index (χ1v) is 7.47. The molecule has 114 valence electrons. The van der Waals surface area contributed by atoms with Crippen molar-refractivity contribution in [3.63, 3.8) is 0 Å². The van der Waals surface area contributed by atoms with Gasteiger partial charge in [-0.2, -0.15) is 0 Å². The first-order chi connectivity index (χ1) is 9.38. The van der Waals surface area contributed by atoms with E-state index in [4.69, 9.17) is 4.74 Å². The minimum atomic E-state index is 0.246. The summed E-state index contributed by atoms with van der Waals surface area (Å²) < 4.78 is 5.21.